The highest BCUT2D eigenvalue weighted by atomic mass is 16.5. The van der Waals surface area contributed by atoms with E-state index in [0.717, 1.165) is 30.5 Å². The van der Waals surface area contributed by atoms with E-state index < -0.39 is 6.04 Å². The van der Waals surface area contributed by atoms with Crippen molar-refractivity contribution in [1.29, 1.82) is 0 Å². The third-order valence-corrected chi connectivity index (χ3v) is 6.70. The Morgan fingerprint density at radius 1 is 1.09 bits per heavy atom. The van der Waals surface area contributed by atoms with Gasteiger partial charge in [0.15, 0.2) is 0 Å². The van der Waals surface area contributed by atoms with Crippen molar-refractivity contribution in [3.63, 3.8) is 0 Å². The Bertz CT molecular complexity index is 952. The molecule has 0 aliphatic carbocycles. The standard InChI is InChI=1S/C27H36N2O4/c1-5-23-24(18-22-14-10-15-28-22)29(16-11-17-32-20(3)30)25(27(23,4)6-2)26(31)33-19-21-12-8-7-9-13-21/h7-10,12-15,25,28H,5-6,11,16-19H2,1-4H3. The van der Waals surface area contributed by atoms with Gasteiger partial charge in [-0.25, -0.2) is 4.79 Å². The molecule has 2 unspecified atom stereocenters. The number of aromatic amines is 1. The van der Waals surface area contributed by atoms with Crippen LogP contribution in [0.1, 0.15) is 58.2 Å². The molecule has 33 heavy (non-hydrogen) atoms. The average molecular weight is 453 g/mol. The van der Waals surface area contributed by atoms with Gasteiger partial charge in [-0.1, -0.05) is 51.1 Å². The number of carbonyl (C=O) groups excluding carboxylic acids is 2. The van der Waals surface area contributed by atoms with Crippen molar-refractivity contribution in [3.05, 3.63) is 71.2 Å². The van der Waals surface area contributed by atoms with E-state index in [0.29, 0.717) is 19.6 Å². The van der Waals surface area contributed by atoms with Crippen LogP contribution in [0.2, 0.25) is 0 Å². The summed E-state index contributed by atoms with van der Waals surface area (Å²) in [5, 5.41) is 0. The van der Waals surface area contributed by atoms with Crippen molar-refractivity contribution < 1.29 is 19.1 Å². The van der Waals surface area contributed by atoms with Crippen molar-refractivity contribution in [2.24, 2.45) is 5.41 Å². The number of hydrogen-bond acceptors (Lipinski definition) is 5. The Kier molecular flexibility index (Phi) is 8.37. The molecule has 178 valence electrons. The van der Waals surface area contributed by atoms with Crippen LogP contribution in [0.5, 0.6) is 0 Å². The van der Waals surface area contributed by atoms with Crippen LogP contribution in [0.15, 0.2) is 59.9 Å². The number of allylic oxidation sites excluding steroid dienone is 1. The smallest absolute Gasteiger partial charge is 0.330 e. The lowest BCUT2D eigenvalue weighted by atomic mass is 9.74. The molecule has 0 fully saturated rings. The average Bonchev–Trinajstić information content (AvgIpc) is 3.40. The maximum absolute atomic E-state index is 13.6. The Balaban J connectivity index is 1.89. The minimum atomic E-state index is -0.413. The van der Waals surface area contributed by atoms with E-state index in [2.05, 4.69) is 36.7 Å². The summed E-state index contributed by atoms with van der Waals surface area (Å²) >= 11 is 0. The summed E-state index contributed by atoms with van der Waals surface area (Å²) in [6, 6.07) is 13.4. The van der Waals surface area contributed by atoms with Gasteiger partial charge >= 0.3 is 11.9 Å². The van der Waals surface area contributed by atoms with Gasteiger partial charge in [0.2, 0.25) is 0 Å². The van der Waals surface area contributed by atoms with Crippen LogP contribution in [0.4, 0.5) is 0 Å². The van der Waals surface area contributed by atoms with Gasteiger partial charge in [-0.3, -0.25) is 4.79 Å². The molecule has 1 N–H and O–H groups in total. The second-order valence-corrected chi connectivity index (χ2v) is 8.80. The third kappa shape index (κ3) is 5.67. The number of esters is 2. The minimum Gasteiger partial charge on any atom is -0.466 e. The molecule has 2 aromatic rings. The van der Waals surface area contributed by atoms with Crippen molar-refractivity contribution in [2.45, 2.75) is 66.0 Å². The first kappa shape index (κ1) is 24.6. The SMILES string of the molecule is CCC1=C(Cc2ccc[nH]2)N(CCCOC(C)=O)C(C(=O)OCc2ccccc2)C1(C)CC. The van der Waals surface area contributed by atoms with Gasteiger partial charge in [-0.05, 0) is 42.5 Å². The first-order valence-corrected chi connectivity index (χ1v) is 11.9. The topological polar surface area (TPSA) is 71.6 Å². The monoisotopic (exact) mass is 452 g/mol. The molecule has 1 aliphatic heterocycles. The van der Waals surface area contributed by atoms with E-state index in [4.69, 9.17) is 9.47 Å². The normalized spacial score (nSPS) is 20.2. The second-order valence-electron chi connectivity index (χ2n) is 8.80. The fraction of sp³-hybridized carbons (Fsp3) is 0.481. The molecule has 0 radical (unpaired) electrons. The number of aromatic nitrogens is 1. The summed E-state index contributed by atoms with van der Waals surface area (Å²) in [7, 11) is 0. The molecule has 0 bridgehead atoms. The molecule has 6 nitrogen and oxygen atoms in total. The largest absolute Gasteiger partial charge is 0.466 e. The molecule has 0 saturated heterocycles. The van der Waals surface area contributed by atoms with Crippen molar-refractivity contribution in [3.8, 4) is 0 Å². The third-order valence-electron chi connectivity index (χ3n) is 6.70. The summed E-state index contributed by atoms with van der Waals surface area (Å²) in [6.07, 6.45) is 4.99. The lowest BCUT2D eigenvalue weighted by Crippen LogP contribution is -2.47. The zero-order chi connectivity index (χ0) is 23.8. The number of hydrogen-bond donors (Lipinski definition) is 1. The quantitative estimate of drug-likeness (QED) is 0.383. The van der Waals surface area contributed by atoms with Crippen LogP contribution in [-0.2, 0) is 32.1 Å². The predicted molar refractivity (Wildman–Crippen MR) is 128 cm³/mol. The molecule has 0 saturated carbocycles. The molecule has 6 heteroatoms. The molecule has 2 atom stereocenters. The molecular weight excluding hydrogens is 416 g/mol. The Morgan fingerprint density at radius 3 is 2.45 bits per heavy atom. The van der Waals surface area contributed by atoms with Gasteiger partial charge in [-0.2, -0.15) is 0 Å². The number of nitrogens with one attached hydrogen (secondary N) is 1. The lowest BCUT2D eigenvalue weighted by molar-refractivity contribution is -0.154. The van der Waals surface area contributed by atoms with Crippen LogP contribution in [0, 0.1) is 5.41 Å². The number of benzene rings is 1. The van der Waals surface area contributed by atoms with Gasteiger partial charge in [0.1, 0.15) is 12.6 Å². The minimum absolute atomic E-state index is 0.205. The molecular formula is C27H36N2O4. The molecule has 0 spiro atoms. The van der Waals surface area contributed by atoms with Crippen molar-refractivity contribution in [1.82, 2.24) is 9.88 Å². The number of nitrogens with zero attached hydrogens (tertiary/aromatic N) is 1. The summed E-state index contributed by atoms with van der Waals surface area (Å²) in [6.45, 7) is 9.10. The zero-order valence-electron chi connectivity index (χ0n) is 20.2. The maximum Gasteiger partial charge on any atom is 0.330 e. The van der Waals surface area contributed by atoms with Gasteiger partial charge < -0.3 is 19.4 Å². The molecule has 0 amide bonds. The van der Waals surface area contributed by atoms with Gasteiger partial charge in [0.05, 0.1) is 6.61 Å². The van der Waals surface area contributed by atoms with E-state index in [1.807, 2.05) is 42.6 Å². The Hall–Kier alpha value is -3.02. The molecule has 1 aromatic heterocycles. The molecule has 2 heterocycles. The number of ether oxygens (including phenoxy) is 2. The highest BCUT2D eigenvalue weighted by Gasteiger charge is 2.51. The Labute approximate surface area is 197 Å². The number of carbonyl (C=O) groups is 2. The van der Waals surface area contributed by atoms with E-state index in [1.165, 1.54) is 18.2 Å². The van der Waals surface area contributed by atoms with Crippen LogP contribution in [0.3, 0.4) is 0 Å². The summed E-state index contributed by atoms with van der Waals surface area (Å²) in [5.41, 5.74) is 4.23. The van der Waals surface area contributed by atoms with Crippen LogP contribution < -0.4 is 0 Å². The maximum atomic E-state index is 13.6. The molecule has 1 aliphatic rings. The van der Waals surface area contributed by atoms with Gasteiger partial charge in [0.25, 0.3) is 0 Å². The second kappa shape index (κ2) is 11.2. The Morgan fingerprint density at radius 2 is 1.85 bits per heavy atom. The van der Waals surface area contributed by atoms with Gasteiger partial charge in [-0.15, -0.1) is 0 Å². The number of rotatable bonds is 11. The van der Waals surface area contributed by atoms with Crippen molar-refractivity contribution >= 4 is 11.9 Å². The molecule has 1 aromatic carbocycles. The zero-order valence-corrected chi connectivity index (χ0v) is 20.2. The lowest BCUT2D eigenvalue weighted by Gasteiger charge is -2.36. The van der Waals surface area contributed by atoms with E-state index in [1.54, 1.807) is 0 Å². The number of H-pyrrole nitrogens is 1. The highest BCUT2D eigenvalue weighted by molar-refractivity contribution is 5.79. The first-order valence-electron chi connectivity index (χ1n) is 11.9. The van der Waals surface area contributed by atoms with Crippen LogP contribution >= 0.6 is 0 Å². The fourth-order valence-electron chi connectivity index (χ4n) is 4.96. The summed E-state index contributed by atoms with van der Waals surface area (Å²) in [5.74, 6) is -0.492. The highest BCUT2D eigenvalue weighted by Crippen LogP contribution is 2.49. The van der Waals surface area contributed by atoms with Gasteiger partial charge in [0, 0.05) is 42.9 Å². The summed E-state index contributed by atoms with van der Waals surface area (Å²) < 4.78 is 11.0. The summed E-state index contributed by atoms with van der Waals surface area (Å²) in [4.78, 5) is 30.3. The predicted octanol–water partition coefficient (Wildman–Crippen LogP) is 5.02. The molecule has 3 rings (SSSR count). The van der Waals surface area contributed by atoms with Crippen molar-refractivity contribution in [2.75, 3.05) is 13.2 Å². The van der Waals surface area contributed by atoms with Crippen LogP contribution in [-0.4, -0.2) is 41.0 Å². The van der Waals surface area contributed by atoms with E-state index in [-0.39, 0.29) is 24.0 Å². The van der Waals surface area contributed by atoms with E-state index in [9.17, 15) is 9.59 Å². The first-order chi connectivity index (χ1) is 15.9. The van der Waals surface area contributed by atoms with E-state index >= 15 is 0 Å². The van der Waals surface area contributed by atoms with Crippen LogP contribution in [0.25, 0.3) is 0 Å². The fourth-order valence-corrected chi connectivity index (χ4v) is 4.96.